The molecule has 5 N–H and O–H groups in total. The minimum absolute atomic E-state index is 0. The van der Waals surface area contributed by atoms with E-state index in [4.69, 9.17) is 10.8 Å². The molecule has 130 valence electrons. The highest BCUT2D eigenvalue weighted by molar-refractivity contribution is 7.58. The lowest BCUT2D eigenvalue weighted by atomic mass is 10.1. The lowest BCUT2D eigenvalue weighted by Gasteiger charge is -2.24. The van der Waals surface area contributed by atoms with Gasteiger partial charge in [-0.3, -0.25) is 14.2 Å². The zero-order valence-electron chi connectivity index (χ0n) is 12.6. The Morgan fingerprint density at radius 3 is 2.39 bits per heavy atom. The van der Waals surface area contributed by atoms with Crippen LogP contribution in [0.3, 0.4) is 0 Å². The molecule has 9 heteroatoms. The molecule has 0 bridgehead atoms. The normalized spacial score (nSPS) is 14.2. The number of carboxylic acid groups (broad SMARTS) is 1. The number of carbonyl (C=O) groups is 2. The van der Waals surface area contributed by atoms with Gasteiger partial charge in [-0.05, 0) is 18.4 Å². The second-order valence-corrected chi connectivity index (χ2v) is 7.52. The average Bonchev–Trinajstić information content (AvgIpc) is 2.50. The molecule has 0 saturated carbocycles. The van der Waals surface area contributed by atoms with E-state index in [1.807, 2.05) is 30.3 Å². The topological polar surface area (TPSA) is 130 Å². The monoisotopic (exact) mass is 364 g/mol. The predicted octanol–water partition coefficient (Wildman–Crippen LogP) is 1.19. The van der Waals surface area contributed by atoms with Gasteiger partial charge in [-0.1, -0.05) is 30.3 Å². The number of benzene rings is 1. The largest absolute Gasteiger partial charge is 0.481 e. The number of carbonyl (C=O) groups excluding carboxylic acids is 1. The number of nitrogens with one attached hydrogen (secondary N) is 1. The minimum atomic E-state index is -3.83. The van der Waals surface area contributed by atoms with E-state index in [0.717, 1.165) is 5.56 Å². The second-order valence-electron chi connectivity index (χ2n) is 4.93. The Kier molecular flexibility index (Phi) is 9.76. The van der Waals surface area contributed by atoms with Crippen LogP contribution in [0.2, 0.25) is 0 Å². The van der Waals surface area contributed by atoms with E-state index >= 15 is 0 Å². The number of hydrogen-bond donors (Lipinski definition) is 4. The Balaban J connectivity index is 0.00000484. The summed E-state index contributed by atoms with van der Waals surface area (Å²) in [6.45, 7) is -0.291. The molecule has 0 aliphatic carbocycles. The van der Waals surface area contributed by atoms with Gasteiger partial charge in [0.15, 0.2) is 0 Å². The SMILES string of the molecule is Cl.NCC(=O)NC(CCc1ccccc1)P(=O)(O)CCC(=O)O. The van der Waals surface area contributed by atoms with E-state index in [9.17, 15) is 19.0 Å². The van der Waals surface area contributed by atoms with Gasteiger partial charge in [0.25, 0.3) is 0 Å². The number of aliphatic carboxylic acids is 1. The van der Waals surface area contributed by atoms with Crippen molar-refractivity contribution in [3.63, 3.8) is 0 Å². The smallest absolute Gasteiger partial charge is 0.303 e. The van der Waals surface area contributed by atoms with Crippen LogP contribution in [-0.2, 0) is 20.6 Å². The first-order chi connectivity index (χ1) is 10.3. The number of halogens is 1. The van der Waals surface area contributed by atoms with Crippen LogP contribution in [0, 0.1) is 0 Å². The van der Waals surface area contributed by atoms with Crippen LogP contribution in [0.4, 0.5) is 0 Å². The Morgan fingerprint density at radius 1 is 1.26 bits per heavy atom. The summed E-state index contributed by atoms with van der Waals surface area (Å²) in [6, 6.07) is 9.32. The third kappa shape index (κ3) is 8.13. The number of aryl methyl sites for hydroxylation is 1. The van der Waals surface area contributed by atoms with Crippen molar-refractivity contribution >= 4 is 31.7 Å². The summed E-state index contributed by atoms with van der Waals surface area (Å²) in [5.41, 5.74) is 6.18. The fourth-order valence-electron chi connectivity index (χ4n) is 1.98. The summed E-state index contributed by atoms with van der Waals surface area (Å²) < 4.78 is 12.3. The van der Waals surface area contributed by atoms with Gasteiger partial charge in [0.05, 0.1) is 13.0 Å². The van der Waals surface area contributed by atoms with E-state index in [2.05, 4.69) is 5.32 Å². The zero-order chi connectivity index (χ0) is 16.6. The summed E-state index contributed by atoms with van der Waals surface area (Å²) in [6.07, 6.45) is -0.0715. The number of carboxylic acids is 1. The zero-order valence-corrected chi connectivity index (χ0v) is 14.3. The number of amides is 1. The van der Waals surface area contributed by atoms with Gasteiger partial charge in [-0.15, -0.1) is 12.4 Å². The molecule has 0 fully saturated rings. The predicted molar refractivity (Wildman–Crippen MR) is 89.9 cm³/mol. The molecule has 0 aliphatic rings. The Hall–Kier alpha value is -1.40. The first kappa shape index (κ1) is 21.6. The van der Waals surface area contributed by atoms with E-state index in [1.165, 1.54) is 0 Å². The third-order valence-corrected chi connectivity index (χ3v) is 5.42. The molecular weight excluding hydrogens is 343 g/mol. The van der Waals surface area contributed by atoms with Crippen LogP contribution < -0.4 is 11.1 Å². The fourth-order valence-corrected chi connectivity index (χ4v) is 3.68. The van der Waals surface area contributed by atoms with E-state index in [1.54, 1.807) is 0 Å². The van der Waals surface area contributed by atoms with Crippen molar-refractivity contribution < 1.29 is 24.2 Å². The van der Waals surface area contributed by atoms with Crippen LogP contribution in [0.1, 0.15) is 18.4 Å². The van der Waals surface area contributed by atoms with Gasteiger partial charge in [-0.2, -0.15) is 0 Å². The Labute approximate surface area is 141 Å². The van der Waals surface area contributed by atoms with Gasteiger partial charge in [0.2, 0.25) is 13.3 Å². The highest BCUT2D eigenvalue weighted by Gasteiger charge is 2.32. The van der Waals surface area contributed by atoms with E-state index < -0.39 is 31.4 Å². The molecule has 0 spiro atoms. The average molecular weight is 365 g/mol. The van der Waals surface area contributed by atoms with Gasteiger partial charge < -0.3 is 21.1 Å². The third-order valence-electron chi connectivity index (χ3n) is 3.20. The molecular formula is C14H22ClN2O5P. The molecule has 2 atom stereocenters. The maximum atomic E-state index is 12.3. The first-order valence-corrected chi connectivity index (χ1v) is 8.83. The number of nitrogens with two attached hydrogens (primary N) is 1. The number of rotatable bonds is 9. The van der Waals surface area contributed by atoms with Gasteiger partial charge in [0, 0.05) is 6.16 Å². The molecule has 1 aromatic carbocycles. The van der Waals surface area contributed by atoms with Gasteiger partial charge in [-0.25, -0.2) is 0 Å². The van der Waals surface area contributed by atoms with E-state index in [-0.39, 0.29) is 31.5 Å². The van der Waals surface area contributed by atoms with Crippen molar-refractivity contribution in [1.29, 1.82) is 0 Å². The fraction of sp³-hybridized carbons (Fsp3) is 0.429. The molecule has 1 amide bonds. The van der Waals surface area contributed by atoms with Crippen molar-refractivity contribution in [2.24, 2.45) is 5.73 Å². The van der Waals surface area contributed by atoms with Gasteiger partial charge >= 0.3 is 5.97 Å². The first-order valence-electron chi connectivity index (χ1n) is 6.92. The van der Waals surface area contributed by atoms with Crippen molar-refractivity contribution in [3.8, 4) is 0 Å². The highest BCUT2D eigenvalue weighted by atomic mass is 35.5. The summed E-state index contributed by atoms with van der Waals surface area (Å²) in [4.78, 5) is 32.1. The van der Waals surface area contributed by atoms with Crippen LogP contribution in [0.25, 0.3) is 0 Å². The lowest BCUT2D eigenvalue weighted by molar-refractivity contribution is -0.136. The quantitative estimate of drug-likeness (QED) is 0.487. The molecule has 0 saturated heterocycles. The lowest BCUT2D eigenvalue weighted by Crippen LogP contribution is -2.39. The summed E-state index contributed by atoms with van der Waals surface area (Å²) in [7, 11) is -3.83. The van der Waals surface area contributed by atoms with E-state index in [0.29, 0.717) is 6.42 Å². The molecule has 0 radical (unpaired) electrons. The molecule has 7 nitrogen and oxygen atoms in total. The summed E-state index contributed by atoms with van der Waals surface area (Å²) >= 11 is 0. The second kappa shape index (κ2) is 10.4. The maximum Gasteiger partial charge on any atom is 0.303 e. The summed E-state index contributed by atoms with van der Waals surface area (Å²) in [5, 5.41) is 11.1. The maximum absolute atomic E-state index is 12.3. The number of hydrogen-bond acceptors (Lipinski definition) is 4. The van der Waals surface area contributed by atoms with Gasteiger partial charge in [0.1, 0.15) is 5.78 Å². The van der Waals surface area contributed by atoms with Crippen LogP contribution in [0.15, 0.2) is 30.3 Å². The van der Waals surface area contributed by atoms with Crippen LogP contribution in [0.5, 0.6) is 0 Å². The summed E-state index contributed by atoms with van der Waals surface area (Å²) in [5.74, 6) is -2.69. The molecule has 1 rings (SSSR count). The molecule has 23 heavy (non-hydrogen) atoms. The molecule has 0 heterocycles. The molecule has 1 aromatic rings. The molecule has 0 aromatic heterocycles. The molecule has 2 unspecified atom stereocenters. The van der Waals surface area contributed by atoms with Crippen molar-refractivity contribution in [1.82, 2.24) is 5.32 Å². The van der Waals surface area contributed by atoms with Crippen LogP contribution >= 0.6 is 19.8 Å². The standard InChI is InChI=1S/C14H21N2O5P.ClH/c15-10-12(17)16-13(22(20,21)9-8-14(18)19)7-6-11-4-2-1-3-5-11;/h1-5,13H,6-10,15H2,(H,16,17)(H,18,19)(H,20,21);1H. The highest BCUT2D eigenvalue weighted by Crippen LogP contribution is 2.47. The van der Waals surface area contributed by atoms with Crippen molar-refractivity contribution in [2.75, 3.05) is 12.7 Å². The molecule has 0 aliphatic heterocycles. The van der Waals surface area contributed by atoms with Crippen molar-refractivity contribution in [3.05, 3.63) is 35.9 Å². The minimum Gasteiger partial charge on any atom is -0.481 e. The Bertz CT molecular complexity index is 555. The van der Waals surface area contributed by atoms with Crippen molar-refractivity contribution in [2.45, 2.75) is 25.0 Å². The Morgan fingerprint density at radius 2 is 1.87 bits per heavy atom. The van der Waals surface area contributed by atoms with Crippen LogP contribution in [-0.4, -0.2) is 40.4 Å².